The molecule has 16 heavy (non-hydrogen) atoms. The fraction of sp³-hybridized carbons (Fsp3) is 0.917. The van der Waals surface area contributed by atoms with Crippen molar-refractivity contribution >= 4 is 5.97 Å². The third-order valence-electron chi connectivity index (χ3n) is 3.40. The number of hydrogen-bond acceptors (Lipinski definition) is 4. The molecule has 0 aliphatic rings. The van der Waals surface area contributed by atoms with E-state index in [0.717, 1.165) is 6.42 Å². The quantitative estimate of drug-likeness (QED) is 0.697. The summed E-state index contributed by atoms with van der Waals surface area (Å²) in [6.07, 6.45) is 0.727. The zero-order chi connectivity index (χ0) is 12.9. The van der Waals surface area contributed by atoms with Gasteiger partial charge in [-0.05, 0) is 48.2 Å². The molecule has 0 heterocycles. The minimum atomic E-state index is -0.614. The van der Waals surface area contributed by atoms with E-state index in [-0.39, 0.29) is 5.97 Å². The maximum absolute atomic E-state index is 11.7. The summed E-state index contributed by atoms with van der Waals surface area (Å²) >= 11 is 0. The smallest absolute Gasteiger partial charge is 0.325 e. The monoisotopic (exact) mass is 230 g/mol. The molecule has 4 nitrogen and oxygen atoms in total. The van der Waals surface area contributed by atoms with Crippen LogP contribution in [0.5, 0.6) is 0 Å². The lowest BCUT2D eigenvalue weighted by molar-refractivity contribution is -0.148. The summed E-state index contributed by atoms with van der Waals surface area (Å²) in [5, 5.41) is 3.05. The highest BCUT2D eigenvalue weighted by Gasteiger charge is 2.35. The molecule has 0 fully saturated rings. The Balaban J connectivity index is 4.60. The molecule has 1 N–H and O–H groups in total. The van der Waals surface area contributed by atoms with Gasteiger partial charge in [-0.1, -0.05) is 0 Å². The first-order chi connectivity index (χ1) is 7.28. The molecule has 0 saturated heterocycles. The normalized spacial score (nSPS) is 17.3. The molecule has 0 aromatic heterocycles. The van der Waals surface area contributed by atoms with Crippen LogP contribution in [0, 0.1) is 0 Å². The molecule has 4 heteroatoms. The van der Waals surface area contributed by atoms with Gasteiger partial charge in [-0.15, -0.1) is 0 Å². The van der Waals surface area contributed by atoms with Crippen molar-refractivity contribution in [2.24, 2.45) is 0 Å². The van der Waals surface area contributed by atoms with Crippen LogP contribution >= 0.6 is 0 Å². The number of rotatable bonds is 6. The Morgan fingerprint density at radius 2 is 1.94 bits per heavy atom. The predicted molar refractivity (Wildman–Crippen MR) is 66.5 cm³/mol. The maximum Gasteiger partial charge on any atom is 0.325 e. The number of carbonyl (C=O) groups is 1. The van der Waals surface area contributed by atoms with Crippen molar-refractivity contribution in [3.63, 3.8) is 0 Å². The molecule has 0 bridgehead atoms. The number of nitrogens with zero attached hydrogens (tertiary/aromatic N) is 1. The van der Waals surface area contributed by atoms with Crippen molar-refractivity contribution in [2.75, 3.05) is 21.2 Å². The molecule has 0 radical (unpaired) electrons. The summed E-state index contributed by atoms with van der Waals surface area (Å²) in [7, 11) is 5.29. The number of nitrogens with one attached hydrogen (secondary N) is 1. The first-order valence-corrected chi connectivity index (χ1v) is 5.77. The third kappa shape index (κ3) is 3.76. The summed E-state index contributed by atoms with van der Waals surface area (Å²) in [5.41, 5.74) is -0.614. The van der Waals surface area contributed by atoms with Gasteiger partial charge in [-0.3, -0.25) is 4.79 Å². The van der Waals surface area contributed by atoms with Gasteiger partial charge < -0.3 is 15.0 Å². The molecule has 2 unspecified atom stereocenters. The van der Waals surface area contributed by atoms with E-state index in [2.05, 4.69) is 38.0 Å². The van der Waals surface area contributed by atoms with E-state index < -0.39 is 5.54 Å². The van der Waals surface area contributed by atoms with Crippen LogP contribution in [0.1, 0.15) is 34.1 Å². The van der Waals surface area contributed by atoms with Crippen LogP contribution in [0.15, 0.2) is 0 Å². The number of methoxy groups -OCH3 is 1. The van der Waals surface area contributed by atoms with Gasteiger partial charge >= 0.3 is 5.97 Å². The molecule has 0 rings (SSSR count). The maximum atomic E-state index is 11.7. The first-order valence-electron chi connectivity index (χ1n) is 5.77. The molecule has 0 spiro atoms. The van der Waals surface area contributed by atoms with Gasteiger partial charge in [0.2, 0.25) is 0 Å². The molecule has 0 aliphatic carbocycles. The van der Waals surface area contributed by atoms with Crippen molar-refractivity contribution in [2.45, 2.75) is 51.7 Å². The van der Waals surface area contributed by atoms with Gasteiger partial charge in [0, 0.05) is 12.1 Å². The molecule has 2 atom stereocenters. The summed E-state index contributed by atoms with van der Waals surface area (Å²) < 4.78 is 4.83. The Bertz CT molecular complexity index is 231. The summed E-state index contributed by atoms with van der Waals surface area (Å²) in [6, 6.07) is 0.783. The van der Waals surface area contributed by atoms with E-state index in [4.69, 9.17) is 4.74 Å². The minimum Gasteiger partial charge on any atom is -0.468 e. The first kappa shape index (κ1) is 15.4. The van der Waals surface area contributed by atoms with Gasteiger partial charge in [0.25, 0.3) is 0 Å². The Kier molecular flexibility index (Phi) is 5.97. The van der Waals surface area contributed by atoms with Gasteiger partial charge in [-0.2, -0.15) is 0 Å². The lowest BCUT2D eigenvalue weighted by atomic mass is 9.93. The van der Waals surface area contributed by atoms with Crippen molar-refractivity contribution in [1.29, 1.82) is 0 Å². The highest BCUT2D eigenvalue weighted by molar-refractivity contribution is 5.80. The Morgan fingerprint density at radius 3 is 2.25 bits per heavy atom. The highest BCUT2D eigenvalue weighted by Crippen LogP contribution is 2.18. The van der Waals surface area contributed by atoms with Crippen LogP contribution in [0.4, 0.5) is 0 Å². The standard InChI is InChI=1S/C12H26N2O2/c1-9(2)14(6)10(3)8-12(4,13-5)11(15)16-7/h9-10,13H,8H2,1-7H3. The van der Waals surface area contributed by atoms with Crippen molar-refractivity contribution in [3.8, 4) is 0 Å². The predicted octanol–water partition coefficient (Wildman–Crippen LogP) is 1.26. The summed E-state index contributed by atoms with van der Waals surface area (Å²) in [4.78, 5) is 13.9. The average Bonchev–Trinajstić information content (AvgIpc) is 2.26. The topological polar surface area (TPSA) is 41.6 Å². The highest BCUT2D eigenvalue weighted by atomic mass is 16.5. The molecule has 0 aliphatic heterocycles. The van der Waals surface area contributed by atoms with Gasteiger partial charge in [0.05, 0.1) is 7.11 Å². The van der Waals surface area contributed by atoms with Crippen LogP contribution in [-0.4, -0.2) is 49.7 Å². The number of hydrogen-bond donors (Lipinski definition) is 1. The second kappa shape index (κ2) is 6.21. The van der Waals surface area contributed by atoms with E-state index in [9.17, 15) is 4.79 Å². The van der Waals surface area contributed by atoms with E-state index in [1.807, 2.05) is 6.92 Å². The zero-order valence-electron chi connectivity index (χ0n) is 11.6. The Morgan fingerprint density at radius 1 is 1.44 bits per heavy atom. The number of carbonyl (C=O) groups excluding carboxylic acids is 1. The Hall–Kier alpha value is -0.610. The SMILES string of the molecule is CNC(C)(CC(C)N(C)C(C)C)C(=O)OC. The van der Waals surface area contributed by atoms with Gasteiger partial charge in [-0.25, -0.2) is 0 Å². The van der Waals surface area contributed by atoms with Crippen LogP contribution < -0.4 is 5.32 Å². The molecule has 96 valence electrons. The van der Waals surface area contributed by atoms with Crippen LogP contribution in [0.25, 0.3) is 0 Å². The lowest BCUT2D eigenvalue weighted by Gasteiger charge is -2.35. The van der Waals surface area contributed by atoms with E-state index in [1.165, 1.54) is 7.11 Å². The lowest BCUT2D eigenvalue weighted by Crippen LogP contribution is -2.52. The van der Waals surface area contributed by atoms with Crippen molar-refractivity contribution < 1.29 is 9.53 Å². The van der Waals surface area contributed by atoms with Crippen molar-refractivity contribution in [1.82, 2.24) is 10.2 Å². The fourth-order valence-electron chi connectivity index (χ4n) is 1.76. The van der Waals surface area contributed by atoms with Gasteiger partial charge in [0.1, 0.15) is 5.54 Å². The van der Waals surface area contributed by atoms with Crippen LogP contribution in [0.3, 0.4) is 0 Å². The Labute approximate surface area is 99.3 Å². The molecule has 0 saturated carbocycles. The fourth-order valence-corrected chi connectivity index (χ4v) is 1.76. The molecule has 0 aromatic rings. The molecular formula is C12H26N2O2. The van der Waals surface area contributed by atoms with Gasteiger partial charge in [0.15, 0.2) is 0 Å². The summed E-state index contributed by atoms with van der Waals surface area (Å²) in [6.45, 7) is 8.29. The number of likely N-dealkylation sites (N-methyl/N-ethyl adjacent to an activating group) is 1. The van der Waals surface area contributed by atoms with E-state index in [1.54, 1.807) is 7.05 Å². The van der Waals surface area contributed by atoms with Crippen LogP contribution in [0.2, 0.25) is 0 Å². The third-order valence-corrected chi connectivity index (χ3v) is 3.40. The number of ether oxygens (including phenoxy) is 1. The zero-order valence-corrected chi connectivity index (χ0v) is 11.6. The van der Waals surface area contributed by atoms with Crippen LogP contribution in [-0.2, 0) is 9.53 Å². The molecule has 0 amide bonds. The average molecular weight is 230 g/mol. The second-order valence-corrected chi connectivity index (χ2v) is 4.89. The minimum absolute atomic E-state index is 0.209. The van der Waals surface area contributed by atoms with Crippen molar-refractivity contribution in [3.05, 3.63) is 0 Å². The number of esters is 1. The van der Waals surface area contributed by atoms with E-state index in [0.29, 0.717) is 12.1 Å². The molecular weight excluding hydrogens is 204 g/mol. The second-order valence-electron chi connectivity index (χ2n) is 4.89. The summed E-state index contributed by atoms with van der Waals surface area (Å²) in [5.74, 6) is -0.209. The van der Waals surface area contributed by atoms with E-state index >= 15 is 0 Å². The largest absolute Gasteiger partial charge is 0.468 e. The molecule has 0 aromatic carbocycles.